The van der Waals surface area contributed by atoms with E-state index in [1.807, 2.05) is 39.8 Å². The Labute approximate surface area is 132 Å². The average molecular weight is 306 g/mol. The number of carbonyl (C=O) groups excluding carboxylic acids is 1. The largest absolute Gasteiger partial charge is 0.444 e. The van der Waals surface area contributed by atoms with Gasteiger partial charge in [-0.3, -0.25) is 0 Å². The van der Waals surface area contributed by atoms with Crippen LogP contribution in [0.3, 0.4) is 0 Å². The summed E-state index contributed by atoms with van der Waals surface area (Å²) in [5.74, 6) is 0. The molecule has 0 saturated carbocycles. The molecule has 1 aromatic rings. The summed E-state index contributed by atoms with van der Waals surface area (Å²) in [6.07, 6.45) is -0.392. The number of benzene rings is 1. The van der Waals surface area contributed by atoms with Crippen molar-refractivity contribution < 1.29 is 14.3 Å². The molecule has 0 bridgehead atoms. The van der Waals surface area contributed by atoms with Crippen molar-refractivity contribution in [2.75, 3.05) is 31.2 Å². The van der Waals surface area contributed by atoms with Crippen molar-refractivity contribution in [3.8, 4) is 0 Å². The first kappa shape index (κ1) is 16.6. The van der Waals surface area contributed by atoms with Crippen LogP contribution in [0.5, 0.6) is 0 Å². The Hall–Kier alpha value is -1.75. The summed E-state index contributed by atoms with van der Waals surface area (Å²) in [7, 11) is 0. The number of morpholine rings is 1. The lowest BCUT2D eigenvalue weighted by molar-refractivity contribution is 0.0508. The Morgan fingerprint density at radius 2 is 2.00 bits per heavy atom. The normalized spacial score (nSPS) is 17.0. The third-order valence-electron chi connectivity index (χ3n) is 3.48. The second-order valence-corrected chi connectivity index (χ2v) is 6.56. The first-order chi connectivity index (χ1) is 10.3. The van der Waals surface area contributed by atoms with Crippen LogP contribution in [-0.2, 0) is 9.47 Å². The molecule has 1 heterocycles. The maximum atomic E-state index is 11.9. The van der Waals surface area contributed by atoms with Crippen molar-refractivity contribution in [3.05, 3.63) is 29.8 Å². The first-order valence-electron chi connectivity index (χ1n) is 7.77. The molecule has 1 N–H and O–H groups in total. The Bertz CT molecular complexity index is 505. The van der Waals surface area contributed by atoms with Crippen LogP contribution in [0.2, 0.25) is 0 Å². The van der Waals surface area contributed by atoms with Crippen molar-refractivity contribution in [2.24, 2.45) is 0 Å². The van der Waals surface area contributed by atoms with Crippen LogP contribution in [0.4, 0.5) is 10.5 Å². The molecule has 1 aliphatic heterocycles. The Morgan fingerprint density at radius 1 is 1.32 bits per heavy atom. The molecule has 0 aliphatic carbocycles. The summed E-state index contributed by atoms with van der Waals surface area (Å²) >= 11 is 0. The smallest absolute Gasteiger partial charge is 0.408 e. The van der Waals surface area contributed by atoms with Gasteiger partial charge in [-0.05, 0) is 45.4 Å². The fourth-order valence-electron chi connectivity index (χ4n) is 2.38. The molecular formula is C17H26N2O3. The van der Waals surface area contributed by atoms with Crippen LogP contribution in [0.25, 0.3) is 0 Å². The lowest BCUT2D eigenvalue weighted by Crippen LogP contribution is -2.36. The van der Waals surface area contributed by atoms with Crippen molar-refractivity contribution in [2.45, 2.75) is 39.3 Å². The number of amides is 1. The molecule has 1 aliphatic rings. The van der Waals surface area contributed by atoms with Crippen LogP contribution in [-0.4, -0.2) is 38.0 Å². The zero-order chi connectivity index (χ0) is 16.2. The van der Waals surface area contributed by atoms with Gasteiger partial charge in [-0.2, -0.15) is 0 Å². The molecule has 0 spiro atoms. The molecule has 5 heteroatoms. The number of anilines is 1. The van der Waals surface area contributed by atoms with Crippen molar-refractivity contribution in [3.63, 3.8) is 0 Å². The number of ether oxygens (including phenoxy) is 2. The van der Waals surface area contributed by atoms with Crippen LogP contribution in [0.1, 0.15) is 39.3 Å². The maximum Gasteiger partial charge on any atom is 0.408 e. The summed E-state index contributed by atoms with van der Waals surface area (Å²) in [6, 6.07) is 8.15. The van der Waals surface area contributed by atoms with E-state index in [1.165, 1.54) is 5.69 Å². The van der Waals surface area contributed by atoms with E-state index < -0.39 is 11.7 Å². The van der Waals surface area contributed by atoms with Gasteiger partial charge in [-0.15, -0.1) is 0 Å². The number of hydrogen-bond acceptors (Lipinski definition) is 4. The fourth-order valence-corrected chi connectivity index (χ4v) is 2.38. The molecule has 2 rings (SSSR count). The highest BCUT2D eigenvalue weighted by Crippen LogP contribution is 2.22. The third kappa shape index (κ3) is 4.91. The van der Waals surface area contributed by atoms with Gasteiger partial charge in [0, 0.05) is 18.8 Å². The van der Waals surface area contributed by atoms with E-state index in [2.05, 4.69) is 22.3 Å². The predicted molar refractivity (Wildman–Crippen MR) is 87.3 cm³/mol. The van der Waals surface area contributed by atoms with E-state index in [0.29, 0.717) is 0 Å². The second-order valence-electron chi connectivity index (χ2n) is 6.56. The van der Waals surface area contributed by atoms with E-state index in [1.54, 1.807) is 0 Å². The van der Waals surface area contributed by atoms with Gasteiger partial charge in [-0.1, -0.05) is 12.1 Å². The molecule has 1 atom stereocenters. The average Bonchev–Trinajstić information content (AvgIpc) is 2.46. The van der Waals surface area contributed by atoms with Gasteiger partial charge in [0.1, 0.15) is 5.60 Å². The Morgan fingerprint density at radius 3 is 2.64 bits per heavy atom. The van der Waals surface area contributed by atoms with Gasteiger partial charge in [0.25, 0.3) is 0 Å². The molecule has 0 radical (unpaired) electrons. The maximum absolute atomic E-state index is 11.9. The van der Waals surface area contributed by atoms with E-state index in [4.69, 9.17) is 9.47 Å². The highest BCUT2D eigenvalue weighted by molar-refractivity contribution is 5.68. The number of rotatable bonds is 3. The summed E-state index contributed by atoms with van der Waals surface area (Å²) in [5, 5.41) is 2.88. The van der Waals surface area contributed by atoms with Crippen LogP contribution < -0.4 is 10.2 Å². The van der Waals surface area contributed by atoms with Gasteiger partial charge >= 0.3 is 6.09 Å². The zero-order valence-corrected chi connectivity index (χ0v) is 13.9. The number of alkyl carbamates (subject to hydrolysis) is 1. The van der Waals surface area contributed by atoms with Gasteiger partial charge in [0.2, 0.25) is 0 Å². The molecule has 1 fully saturated rings. The Kier molecular flexibility index (Phi) is 5.29. The molecule has 1 saturated heterocycles. The minimum atomic E-state index is -0.487. The van der Waals surface area contributed by atoms with Crippen LogP contribution in [0.15, 0.2) is 24.3 Å². The van der Waals surface area contributed by atoms with E-state index >= 15 is 0 Å². The SMILES string of the molecule is CC(NC(=O)OC(C)(C)C)c1cccc(N2CCOCC2)c1. The van der Waals surface area contributed by atoms with Gasteiger partial charge in [0.15, 0.2) is 0 Å². The van der Waals surface area contributed by atoms with Gasteiger partial charge < -0.3 is 19.7 Å². The van der Waals surface area contributed by atoms with Crippen LogP contribution >= 0.6 is 0 Å². The predicted octanol–water partition coefficient (Wildman–Crippen LogP) is 3.11. The molecule has 1 aromatic carbocycles. The number of hydrogen-bond donors (Lipinski definition) is 1. The minimum absolute atomic E-state index is 0.101. The van der Waals surface area contributed by atoms with E-state index in [9.17, 15) is 4.79 Å². The number of carbonyl (C=O) groups is 1. The van der Waals surface area contributed by atoms with E-state index in [0.717, 1.165) is 31.9 Å². The summed E-state index contributed by atoms with van der Waals surface area (Å²) in [6.45, 7) is 10.9. The summed E-state index contributed by atoms with van der Waals surface area (Å²) in [4.78, 5) is 14.2. The third-order valence-corrected chi connectivity index (χ3v) is 3.48. The van der Waals surface area contributed by atoms with Crippen molar-refractivity contribution in [1.29, 1.82) is 0 Å². The topological polar surface area (TPSA) is 50.8 Å². The number of nitrogens with one attached hydrogen (secondary N) is 1. The van der Waals surface area contributed by atoms with Crippen LogP contribution in [0, 0.1) is 0 Å². The van der Waals surface area contributed by atoms with Crippen molar-refractivity contribution in [1.82, 2.24) is 5.32 Å². The minimum Gasteiger partial charge on any atom is -0.444 e. The van der Waals surface area contributed by atoms with Gasteiger partial charge in [0.05, 0.1) is 19.3 Å². The molecule has 1 unspecified atom stereocenters. The van der Waals surface area contributed by atoms with Gasteiger partial charge in [-0.25, -0.2) is 4.79 Å². The second kappa shape index (κ2) is 7.01. The number of nitrogens with zero attached hydrogens (tertiary/aromatic N) is 1. The first-order valence-corrected chi connectivity index (χ1v) is 7.77. The highest BCUT2D eigenvalue weighted by Gasteiger charge is 2.19. The highest BCUT2D eigenvalue weighted by atomic mass is 16.6. The van der Waals surface area contributed by atoms with E-state index in [-0.39, 0.29) is 6.04 Å². The fraction of sp³-hybridized carbons (Fsp3) is 0.588. The molecule has 5 nitrogen and oxygen atoms in total. The quantitative estimate of drug-likeness (QED) is 0.932. The zero-order valence-electron chi connectivity index (χ0n) is 13.9. The molecule has 22 heavy (non-hydrogen) atoms. The summed E-state index contributed by atoms with van der Waals surface area (Å²) < 4.78 is 10.7. The monoisotopic (exact) mass is 306 g/mol. The Balaban J connectivity index is 2.00. The lowest BCUT2D eigenvalue weighted by Gasteiger charge is -2.29. The standard InChI is InChI=1S/C17H26N2O3/c1-13(18-16(20)22-17(2,3)4)14-6-5-7-15(12-14)19-8-10-21-11-9-19/h5-7,12-13H,8-11H2,1-4H3,(H,18,20). The summed E-state index contributed by atoms with van der Waals surface area (Å²) in [5.41, 5.74) is 1.74. The molecule has 0 aromatic heterocycles. The molecule has 122 valence electrons. The molecular weight excluding hydrogens is 280 g/mol. The lowest BCUT2D eigenvalue weighted by atomic mass is 10.1. The van der Waals surface area contributed by atoms with Crippen molar-refractivity contribution >= 4 is 11.8 Å². The molecule has 1 amide bonds.